The number of esters is 1. The van der Waals surface area contributed by atoms with Crippen LogP contribution in [0.4, 0.5) is 15.9 Å². The van der Waals surface area contributed by atoms with Crippen LogP contribution in [0.1, 0.15) is 12.5 Å². The molecule has 1 amide bonds. The summed E-state index contributed by atoms with van der Waals surface area (Å²) in [5, 5.41) is 0. The summed E-state index contributed by atoms with van der Waals surface area (Å²) < 4.78 is 24.4. The fourth-order valence-electron chi connectivity index (χ4n) is 3.18. The summed E-state index contributed by atoms with van der Waals surface area (Å²) in [7, 11) is 0. The molecule has 0 aliphatic carbocycles. The lowest BCUT2D eigenvalue weighted by atomic mass is 10.2. The van der Waals surface area contributed by atoms with Crippen molar-refractivity contribution in [2.24, 2.45) is 0 Å². The molecule has 0 aliphatic rings. The lowest BCUT2D eigenvalue weighted by Crippen LogP contribution is -2.42. The predicted molar refractivity (Wildman–Crippen MR) is 122 cm³/mol. The Bertz CT molecular complexity index is 1290. The Hall–Kier alpha value is -4.41. The van der Waals surface area contributed by atoms with Gasteiger partial charge in [-0.2, -0.15) is 0 Å². The van der Waals surface area contributed by atoms with Gasteiger partial charge in [0.1, 0.15) is 17.4 Å². The van der Waals surface area contributed by atoms with E-state index in [9.17, 15) is 23.6 Å². The minimum atomic E-state index is -0.871. The molecule has 3 rings (SSSR count). The van der Waals surface area contributed by atoms with Crippen LogP contribution in [0, 0.1) is 5.82 Å². The van der Waals surface area contributed by atoms with E-state index in [-0.39, 0.29) is 30.3 Å². The summed E-state index contributed by atoms with van der Waals surface area (Å²) in [5.74, 6) is -2.21. The zero-order valence-electron chi connectivity index (χ0n) is 18.3. The highest BCUT2D eigenvalue weighted by molar-refractivity contribution is 5.97. The van der Waals surface area contributed by atoms with E-state index < -0.39 is 42.2 Å². The van der Waals surface area contributed by atoms with Crippen LogP contribution in [-0.4, -0.2) is 41.2 Å². The molecule has 0 saturated carbocycles. The van der Waals surface area contributed by atoms with Gasteiger partial charge in [0.2, 0.25) is 0 Å². The average molecular weight is 470 g/mol. The lowest BCUT2D eigenvalue weighted by molar-refractivity contribution is -0.149. The fraction of sp³-hybridized carbons (Fsp3) is 0.217. The summed E-state index contributed by atoms with van der Waals surface area (Å²) in [6.45, 7) is 0.447. The second kappa shape index (κ2) is 10.9. The predicted octanol–water partition coefficient (Wildman–Crippen LogP) is 1.28. The Labute approximate surface area is 193 Å². The van der Waals surface area contributed by atoms with Crippen LogP contribution in [0.15, 0.2) is 64.2 Å². The molecule has 11 heteroatoms. The number of ether oxygens (including phenoxy) is 2. The third-order valence-electron chi connectivity index (χ3n) is 4.79. The van der Waals surface area contributed by atoms with Gasteiger partial charge < -0.3 is 20.1 Å². The van der Waals surface area contributed by atoms with Crippen LogP contribution in [0.5, 0.6) is 5.75 Å². The highest BCUT2D eigenvalue weighted by Crippen LogP contribution is 2.18. The second-order valence-electron chi connectivity index (χ2n) is 7.11. The van der Waals surface area contributed by atoms with E-state index in [2.05, 4.69) is 4.98 Å². The molecule has 0 fully saturated rings. The quantitative estimate of drug-likeness (QED) is 0.450. The van der Waals surface area contributed by atoms with Crippen LogP contribution in [0.3, 0.4) is 0 Å². The molecular formula is C23H23FN4O6. The van der Waals surface area contributed by atoms with Crippen molar-refractivity contribution >= 4 is 23.4 Å². The summed E-state index contributed by atoms with van der Waals surface area (Å²) in [6.07, 6.45) is 0. The van der Waals surface area contributed by atoms with Gasteiger partial charge in [-0.1, -0.05) is 36.4 Å². The molecule has 178 valence electrons. The standard InChI is InChI=1S/C23H23FN4O6/c1-2-27(18(29)13-34-19(30)14-33-17-10-6-9-16(24)11-17)20-21(25)28(23(32)26-22(20)31)12-15-7-4-3-5-8-15/h3-11H,2,12-14,25H2,1H3,(H,26,31,32). The number of amides is 1. The number of H-pyrrole nitrogens is 1. The second-order valence-corrected chi connectivity index (χ2v) is 7.11. The molecule has 10 nitrogen and oxygen atoms in total. The third kappa shape index (κ3) is 5.88. The molecule has 0 bridgehead atoms. The van der Waals surface area contributed by atoms with Crippen molar-refractivity contribution in [3.05, 3.63) is 86.8 Å². The van der Waals surface area contributed by atoms with Crippen molar-refractivity contribution in [3.8, 4) is 5.75 Å². The smallest absolute Gasteiger partial charge is 0.344 e. The normalized spacial score (nSPS) is 10.5. The molecular weight excluding hydrogens is 447 g/mol. The number of aromatic amines is 1. The largest absolute Gasteiger partial charge is 0.482 e. The number of anilines is 2. The molecule has 1 aromatic heterocycles. The number of likely N-dealkylation sites (N-methyl/N-ethyl adjacent to an activating group) is 1. The molecule has 0 radical (unpaired) electrons. The molecule has 3 N–H and O–H groups in total. The SMILES string of the molecule is CCN(C(=O)COC(=O)COc1cccc(F)c1)c1c(N)n(Cc2ccccc2)c(=O)[nH]c1=O. The Morgan fingerprint density at radius 3 is 2.50 bits per heavy atom. The minimum absolute atomic E-state index is 0.0208. The number of nitrogens with two attached hydrogens (primary N) is 1. The van der Waals surface area contributed by atoms with Gasteiger partial charge in [-0.15, -0.1) is 0 Å². The van der Waals surface area contributed by atoms with E-state index in [0.29, 0.717) is 0 Å². The Morgan fingerprint density at radius 2 is 1.82 bits per heavy atom. The van der Waals surface area contributed by atoms with Gasteiger partial charge in [-0.05, 0) is 24.6 Å². The molecule has 0 aliphatic heterocycles. The molecule has 1 heterocycles. The van der Waals surface area contributed by atoms with Gasteiger partial charge >= 0.3 is 11.7 Å². The van der Waals surface area contributed by atoms with Gasteiger partial charge in [0.25, 0.3) is 11.5 Å². The number of benzene rings is 2. The molecule has 2 aromatic carbocycles. The monoisotopic (exact) mass is 470 g/mol. The highest BCUT2D eigenvalue weighted by Gasteiger charge is 2.24. The maximum atomic E-state index is 13.2. The van der Waals surface area contributed by atoms with Crippen molar-refractivity contribution in [1.82, 2.24) is 9.55 Å². The first kappa shape index (κ1) is 24.2. The van der Waals surface area contributed by atoms with Gasteiger partial charge in [0.05, 0.1) is 6.54 Å². The zero-order chi connectivity index (χ0) is 24.7. The highest BCUT2D eigenvalue weighted by atomic mass is 19.1. The Morgan fingerprint density at radius 1 is 1.09 bits per heavy atom. The van der Waals surface area contributed by atoms with Crippen molar-refractivity contribution < 1.29 is 23.5 Å². The first-order valence-corrected chi connectivity index (χ1v) is 10.3. The number of nitrogens with one attached hydrogen (secondary N) is 1. The van der Waals surface area contributed by atoms with Crippen molar-refractivity contribution in [2.75, 3.05) is 30.4 Å². The first-order valence-electron chi connectivity index (χ1n) is 10.3. The fourth-order valence-corrected chi connectivity index (χ4v) is 3.18. The van der Waals surface area contributed by atoms with E-state index in [1.807, 2.05) is 6.07 Å². The number of rotatable bonds is 9. The summed E-state index contributed by atoms with van der Waals surface area (Å²) >= 11 is 0. The van der Waals surface area contributed by atoms with Crippen LogP contribution in [0.2, 0.25) is 0 Å². The van der Waals surface area contributed by atoms with E-state index >= 15 is 0 Å². The minimum Gasteiger partial charge on any atom is -0.482 e. The molecule has 0 saturated heterocycles. The van der Waals surface area contributed by atoms with E-state index in [1.54, 1.807) is 31.2 Å². The Kier molecular flexibility index (Phi) is 7.80. The van der Waals surface area contributed by atoms with Crippen LogP contribution in [-0.2, 0) is 20.9 Å². The molecule has 0 unspecified atom stereocenters. The van der Waals surface area contributed by atoms with Crippen LogP contribution in [0.25, 0.3) is 0 Å². The summed E-state index contributed by atoms with van der Waals surface area (Å²) in [5.41, 5.74) is 5.08. The molecule has 3 aromatic rings. The van der Waals surface area contributed by atoms with Gasteiger partial charge in [-0.25, -0.2) is 14.0 Å². The number of carbonyl (C=O) groups is 2. The van der Waals surface area contributed by atoms with Crippen LogP contribution < -0.4 is 26.6 Å². The van der Waals surface area contributed by atoms with Crippen molar-refractivity contribution in [3.63, 3.8) is 0 Å². The van der Waals surface area contributed by atoms with E-state index in [0.717, 1.165) is 21.1 Å². The zero-order valence-corrected chi connectivity index (χ0v) is 18.3. The molecule has 34 heavy (non-hydrogen) atoms. The van der Waals surface area contributed by atoms with Gasteiger partial charge in [-0.3, -0.25) is 19.1 Å². The first-order chi connectivity index (χ1) is 16.3. The number of aromatic nitrogens is 2. The van der Waals surface area contributed by atoms with Crippen molar-refractivity contribution in [1.29, 1.82) is 0 Å². The number of nitrogens with zero attached hydrogens (tertiary/aromatic N) is 2. The number of carbonyl (C=O) groups excluding carboxylic acids is 2. The number of halogens is 1. The third-order valence-corrected chi connectivity index (χ3v) is 4.79. The average Bonchev–Trinajstić information content (AvgIpc) is 2.82. The van der Waals surface area contributed by atoms with E-state index in [1.165, 1.54) is 18.2 Å². The Balaban J connectivity index is 1.71. The number of hydrogen-bond donors (Lipinski definition) is 2. The van der Waals surface area contributed by atoms with Crippen LogP contribution >= 0.6 is 0 Å². The molecule has 0 spiro atoms. The molecule has 0 atom stereocenters. The van der Waals surface area contributed by atoms with E-state index in [4.69, 9.17) is 15.2 Å². The van der Waals surface area contributed by atoms with Crippen molar-refractivity contribution in [2.45, 2.75) is 13.5 Å². The topological polar surface area (TPSA) is 137 Å². The summed E-state index contributed by atoms with van der Waals surface area (Å²) in [6, 6.07) is 14.1. The number of nitrogen functional groups attached to an aromatic ring is 1. The maximum Gasteiger partial charge on any atom is 0.344 e. The number of hydrogen-bond acceptors (Lipinski definition) is 7. The van der Waals surface area contributed by atoms with Gasteiger partial charge in [0.15, 0.2) is 18.9 Å². The summed E-state index contributed by atoms with van der Waals surface area (Å²) in [4.78, 5) is 52.7. The lowest BCUT2D eigenvalue weighted by Gasteiger charge is -2.23. The maximum absolute atomic E-state index is 13.2. The van der Waals surface area contributed by atoms with Gasteiger partial charge in [0, 0.05) is 12.6 Å².